The summed E-state index contributed by atoms with van der Waals surface area (Å²) in [5, 5.41) is 2.41. The first-order valence-corrected chi connectivity index (χ1v) is 11.2. The molecule has 0 aromatic heterocycles. The van der Waals surface area contributed by atoms with Gasteiger partial charge in [0.15, 0.2) is 11.5 Å². The number of nitrogens with zero attached hydrogens (tertiary/aromatic N) is 2. The van der Waals surface area contributed by atoms with Gasteiger partial charge in [0.1, 0.15) is 0 Å². The fourth-order valence-electron chi connectivity index (χ4n) is 3.35. The van der Waals surface area contributed by atoms with Crippen LogP contribution in [0.5, 0.6) is 11.5 Å². The fraction of sp³-hybridized carbons (Fsp3) is 0.292. The lowest BCUT2D eigenvalue weighted by molar-refractivity contribution is -0.124. The highest BCUT2D eigenvalue weighted by Gasteiger charge is 2.34. The number of thioether (sulfide) groups is 1. The number of imide groups is 1. The molecule has 1 aliphatic rings. The lowest BCUT2D eigenvalue weighted by Crippen LogP contribution is -2.40. The third-order valence-corrected chi connectivity index (χ3v) is 5.85. The second kappa shape index (κ2) is 11.5. The van der Waals surface area contributed by atoms with Crippen molar-refractivity contribution in [3.63, 3.8) is 0 Å². The molecule has 1 aliphatic heterocycles. The van der Waals surface area contributed by atoms with Crippen LogP contribution in [-0.2, 0) is 16.1 Å². The summed E-state index contributed by atoms with van der Waals surface area (Å²) in [7, 11) is 4.94. The van der Waals surface area contributed by atoms with Crippen LogP contribution >= 0.6 is 11.8 Å². The zero-order valence-electron chi connectivity index (χ0n) is 18.9. The van der Waals surface area contributed by atoms with Gasteiger partial charge in [-0.2, -0.15) is 0 Å². The minimum Gasteiger partial charge on any atom is -0.493 e. The van der Waals surface area contributed by atoms with Crippen molar-refractivity contribution in [3.8, 4) is 11.5 Å². The molecule has 0 unspecified atom stereocenters. The molecule has 0 saturated carbocycles. The summed E-state index contributed by atoms with van der Waals surface area (Å²) in [6.07, 6.45) is 1.64. The number of hydrogen-bond donors (Lipinski definition) is 1. The molecule has 8 nitrogen and oxygen atoms in total. The first-order valence-electron chi connectivity index (χ1n) is 10.4. The van der Waals surface area contributed by atoms with Gasteiger partial charge in [-0.1, -0.05) is 36.4 Å². The molecule has 1 N–H and O–H groups in total. The molecular weight excluding hydrogens is 442 g/mol. The molecule has 0 aliphatic carbocycles. The topological polar surface area (TPSA) is 88.2 Å². The van der Waals surface area contributed by atoms with Gasteiger partial charge in [-0.15, -0.1) is 0 Å². The van der Waals surface area contributed by atoms with Gasteiger partial charge in [0.2, 0.25) is 5.91 Å². The molecule has 0 atom stereocenters. The Balaban J connectivity index is 1.51. The van der Waals surface area contributed by atoms with E-state index in [1.54, 1.807) is 31.4 Å². The van der Waals surface area contributed by atoms with Crippen LogP contribution in [0.25, 0.3) is 6.08 Å². The van der Waals surface area contributed by atoms with Crippen molar-refractivity contribution in [1.82, 2.24) is 15.1 Å². The highest BCUT2D eigenvalue weighted by atomic mass is 32.2. The van der Waals surface area contributed by atoms with Crippen molar-refractivity contribution in [3.05, 3.63) is 64.6 Å². The predicted octanol–water partition coefficient (Wildman–Crippen LogP) is 2.99. The zero-order chi connectivity index (χ0) is 23.8. The van der Waals surface area contributed by atoms with E-state index < -0.39 is 0 Å². The summed E-state index contributed by atoms with van der Waals surface area (Å²) in [6.45, 7) is 1.18. The Morgan fingerprint density at radius 1 is 1.09 bits per heavy atom. The van der Waals surface area contributed by atoms with E-state index in [9.17, 15) is 14.4 Å². The number of ether oxygens (including phenoxy) is 2. The summed E-state index contributed by atoms with van der Waals surface area (Å²) >= 11 is 0.876. The van der Waals surface area contributed by atoms with Crippen LogP contribution in [-0.4, -0.2) is 67.8 Å². The van der Waals surface area contributed by atoms with E-state index >= 15 is 0 Å². The average molecular weight is 470 g/mol. The highest BCUT2D eigenvalue weighted by molar-refractivity contribution is 8.18. The molecule has 1 saturated heterocycles. The second-order valence-corrected chi connectivity index (χ2v) is 8.45. The van der Waals surface area contributed by atoms with Gasteiger partial charge in [-0.25, -0.2) is 0 Å². The monoisotopic (exact) mass is 469 g/mol. The molecule has 1 fully saturated rings. The van der Waals surface area contributed by atoms with Gasteiger partial charge in [0.25, 0.3) is 11.1 Å². The summed E-state index contributed by atoms with van der Waals surface area (Å²) < 4.78 is 10.5. The molecular formula is C24H27N3O5S. The fourth-order valence-corrected chi connectivity index (χ4v) is 4.21. The van der Waals surface area contributed by atoms with Gasteiger partial charge >= 0.3 is 0 Å². The molecule has 0 spiro atoms. The van der Waals surface area contributed by atoms with Crippen molar-refractivity contribution in [1.29, 1.82) is 0 Å². The Morgan fingerprint density at radius 3 is 2.52 bits per heavy atom. The minimum absolute atomic E-state index is 0.113. The lowest BCUT2D eigenvalue weighted by atomic mass is 10.2. The molecule has 0 bridgehead atoms. The smallest absolute Gasteiger partial charge is 0.293 e. The van der Waals surface area contributed by atoms with Gasteiger partial charge in [0.05, 0.1) is 25.7 Å². The van der Waals surface area contributed by atoms with E-state index in [1.165, 1.54) is 7.11 Å². The maximum atomic E-state index is 12.7. The van der Waals surface area contributed by atoms with E-state index in [4.69, 9.17) is 9.47 Å². The van der Waals surface area contributed by atoms with Crippen LogP contribution in [0.3, 0.4) is 0 Å². The Bertz CT molecular complexity index is 1040. The molecule has 9 heteroatoms. The molecule has 174 valence electrons. The van der Waals surface area contributed by atoms with Gasteiger partial charge in [-0.05, 0) is 48.1 Å². The third kappa shape index (κ3) is 6.59. The van der Waals surface area contributed by atoms with Crippen LogP contribution < -0.4 is 14.8 Å². The molecule has 33 heavy (non-hydrogen) atoms. The van der Waals surface area contributed by atoms with Crippen molar-refractivity contribution in [2.75, 3.05) is 40.9 Å². The largest absolute Gasteiger partial charge is 0.493 e. The van der Waals surface area contributed by atoms with Crippen LogP contribution in [0, 0.1) is 0 Å². The van der Waals surface area contributed by atoms with Crippen LogP contribution in [0.15, 0.2) is 53.4 Å². The van der Waals surface area contributed by atoms with Gasteiger partial charge in [-0.3, -0.25) is 24.2 Å². The molecule has 2 aromatic carbocycles. The van der Waals surface area contributed by atoms with E-state index in [0.29, 0.717) is 28.5 Å². The van der Waals surface area contributed by atoms with Crippen LogP contribution in [0.2, 0.25) is 0 Å². The third-order valence-electron chi connectivity index (χ3n) is 4.95. The number of hydrogen-bond acceptors (Lipinski definition) is 7. The first kappa shape index (κ1) is 24.3. The highest BCUT2D eigenvalue weighted by Crippen LogP contribution is 2.34. The Morgan fingerprint density at radius 2 is 1.82 bits per heavy atom. The lowest BCUT2D eigenvalue weighted by Gasteiger charge is -2.17. The number of carbonyl (C=O) groups excluding carboxylic acids is 3. The normalized spacial score (nSPS) is 14.8. The maximum Gasteiger partial charge on any atom is 0.293 e. The summed E-state index contributed by atoms with van der Waals surface area (Å²) in [5.74, 6) is 0.565. The summed E-state index contributed by atoms with van der Waals surface area (Å²) in [5.41, 5.74) is 1.83. The van der Waals surface area contributed by atoms with E-state index in [0.717, 1.165) is 22.2 Å². The predicted molar refractivity (Wildman–Crippen MR) is 128 cm³/mol. The second-order valence-electron chi connectivity index (χ2n) is 7.46. The SMILES string of the molecule is COc1ccc(C=C2SC(=O)N(CCNC(=O)CN(C)Cc3ccccc3)C2=O)cc1OC. The molecule has 2 aromatic rings. The molecule has 3 rings (SSSR count). The summed E-state index contributed by atoms with van der Waals surface area (Å²) in [4.78, 5) is 40.6. The van der Waals surface area contributed by atoms with Crippen molar-refractivity contribution in [2.24, 2.45) is 0 Å². The Hall–Kier alpha value is -3.30. The first-order chi connectivity index (χ1) is 15.9. The number of nitrogens with one attached hydrogen (secondary N) is 1. The van der Waals surface area contributed by atoms with Crippen molar-refractivity contribution in [2.45, 2.75) is 6.54 Å². The number of methoxy groups -OCH3 is 2. The average Bonchev–Trinajstić information content (AvgIpc) is 3.06. The number of rotatable bonds is 10. The minimum atomic E-state index is -0.379. The zero-order valence-corrected chi connectivity index (χ0v) is 19.7. The molecule has 0 radical (unpaired) electrons. The van der Waals surface area contributed by atoms with Crippen LogP contribution in [0.1, 0.15) is 11.1 Å². The van der Waals surface area contributed by atoms with Crippen molar-refractivity contribution >= 4 is 34.9 Å². The number of carbonyl (C=O) groups is 3. The van der Waals surface area contributed by atoms with E-state index in [2.05, 4.69) is 5.32 Å². The Kier molecular flexibility index (Phi) is 8.51. The maximum absolute atomic E-state index is 12.7. The van der Waals surface area contributed by atoms with E-state index in [1.807, 2.05) is 42.3 Å². The summed E-state index contributed by atoms with van der Waals surface area (Å²) in [6, 6.07) is 15.1. The molecule has 1 heterocycles. The van der Waals surface area contributed by atoms with E-state index in [-0.39, 0.29) is 36.7 Å². The number of benzene rings is 2. The quantitative estimate of drug-likeness (QED) is 0.535. The van der Waals surface area contributed by atoms with Gasteiger partial charge in [0, 0.05) is 19.6 Å². The Labute approximate surface area is 197 Å². The number of amides is 3. The standard InChI is InChI=1S/C24H27N3O5S/c1-26(15-17-7-5-4-6-8-17)16-22(28)25-11-12-27-23(29)21(33-24(27)30)14-18-9-10-19(31-2)20(13-18)32-3/h4-10,13-14H,11-12,15-16H2,1-3H3,(H,25,28). The van der Waals surface area contributed by atoms with Crippen LogP contribution in [0.4, 0.5) is 4.79 Å². The number of likely N-dealkylation sites (N-methyl/N-ethyl adjacent to an activating group) is 1. The van der Waals surface area contributed by atoms with Gasteiger partial charge < -0.3 is 14.8 Å². The molecule has 3 amide bonds. The van der Waals surface area contributed by atoms with Crippen molar-refractivity contribution < 1.29 is 23.9 Å².